The van der Waals surface area contributed by atoms with Crippen molar-refractivity contribution in [1.82, 2.24) is 4.98 Å². The second-order valence-corrected chi connectivity index (χ2v) is 3.97. The van der Waals surface area contributed by atoms with Crippen LogP contribution in [0.25, 0.3) is 0 Å². The molecule has 0 bridgehead atoms. The lowest BCUT2D eigenvalue weighted by molar-refractivity contribution is -0.137. The third-order valence-electron chi connectivity index (χ3n) is 2.56. The van der Waals surface area contributed by atoms with Gasteiger partial charge in [0, 0.05) is 6.20 Å². The molecule has 0 atom stereocenters. The van der Waals surface area contributed by atoms with Gasteiger partial charge in [0.2, 0.25) is 0 Å². The van der Waals surface area contributed by atoms with Crippen LogP contribution in [0.3, 0.4) is 0 Å². The van der Waals surface area contributed by atoms with Gasteiger partial charge in [-0.05, 0) is 30.3 Å². The Kier molecular flexibility index (Phi) is 3.59. The zero-order valence-corrected chi connectivity index (χ0v) is 9.91. The lowest BCUT2D eigenvalue weighted by atomic mass is 10.1. The monoisotopic (exact) mass is 267 g/mol. The van der Waals surface area contributed by atoms with E-state index in [2.05, 4.69) is 10.3 Å². The summed E-state index contributed by atoms with van der Waals surface area (Å²) in [7, 11) is 0. The summed E-state index contributed by atoms with van der Waals surface area (Å²) in [6, 6.07) is 8.67. The summed E-state index contributed by atoms with van der Waals surface area (Å²) in [5.41, 5.74) is 6.14. The summed E-state index contributed by atoms with van der Waals surface area (Å²) in [6.45, 7) is 0.399. The lowest BCUT2D eigenvalue weighted by Gasteiger charge is -2.12. The number of halogens is 3. The SMILES string of the molecule is Nc1cc(C(F)(F)F)ccc1NCc1ccccn1. The molecule has 0 amide bonds. The number of alkyl halides is 3. The molecule has 100 valence electrons. The van der Waals surface area contributed by atoms with Crippen molar-refractivity contribution < 1.29 is 13.2 Å². The van der Waals surface area contributed by atoms with Gasteiger partial charge in [0.1, 0.15) is 0 Å². The van der Waals surface area contributed by atoms with Crippen LogP contribution in [-0.4, -0.2) is 4.98 Å². The quantitative estimate of drug-likeness (QED) is 0.839. The van der Waals surface area contributed by atoms with Crippen LogP contribution in [0.5, 0.6) is 0 Å². The van der Waals surface area contributed by atoms with Crippen molar-refractivity contribution in [2.45, 2.75) is 12.7 Å². The maximum atomic E-state index is 12.5. The Labute approximate surface area is 108 Å². The first-order valence-corrected chi connectivity index (χ1v) is 5.57. The van der Waals surface area contributed by atoms with Crippen LogP contribution in [-0.2, 0) is 12.7 Å². The summed E-state index contributed by atoms with van der Waals surface area (Å²) in [4.78, 5) is 4.10. The van der Waals surface area contributed by atoms with Crippen LogP contribution < -0.4 is 11.1 Å². The van der Waals surface area contributed by atoms with Crippen molar-refractivity contribution in [2.75, 3.05) is 11.1 Å². The van der Waals surface area contributed by atoms with Crippen LogP contribution in [0, 0.1) is 0 Å². The molecule has 0 aliphatic rings. The van der Waals surface area contributed by atoms with E-state index < -0.39 is 11.7 Å². The van der Waals surface area contributed by atoms with Crippen molar-refractivity contribution in [3.63, 3.8) is 0 Å². The Balaban J connectivity index is 2.10. The fourth-order valence-corrected chi connectivity index (χ4v) is 1.59. The highest BCUT2D eigenvalue weighted by Crippen LogP contribution is 2.32. The Bertz CT molecular complexity index is 553. The fraction of sp³-hybridized carbons (Fsp3) is 0.154. The molecule has 2 rings (SSSR count). The van der Waals surface area contributed by atoms with Crippen molar-refractivity contribution in [3.8, 4) is 0 Å². The van der Waals surface area contributed by atoms with Gasteiger partial charge in [0.15, 0.2) is 0 Å². The first-order valence-electron chi connectivity index (χ1n) is 5.57. The molecule has 0 unspecified atom stereocenters. The summed E-state index contributed by atoms with van der Waals surface area (Å²) >= 11 is 0. The fourth-order valence-electron chi connectivity index (χ4n) is 1.59. The van der Waals surface area contributed by atoms with Gasteiger partial charge in [-0.3, -0.25) is 4.98 Å². The van der Waals surface area contributed by atoms with Crippen molar-refractivity contribution in [1.29, 1.82) is 0 Å². The highest BCUT2D eigenvalue weighted by Gasteiger charge is 2.30. The van der Waals surface area contributed by atoms with E-state index in [4.69, 9.17) is 5.73 Å². The molecule has 0 radical (unpaired) electrons. The molecule has 6 heteroatoms. The van der Waals surface area contributed by atoms with Crippen LogP contribution in [0.4, 0.5) is 24.5 Å². The van der Waals surface area contributed by atoms with E-state index >= 15 is 0 Å². The first-order chi connectivity index (χ1) is 8.97. The number of pyridine rings is 1. The van der Waals surface area contributed by atoms with Gasteiger partial charge in [0.25, 0.3) is 0 Å². The number of anilines is 2. The van der Waals surface area contributed by atoms with E-state index in [1.807, 2.05) is 12.1 Å². The summed E-state index contributed by atoms with van der Waals surface area (Å²) in [5.74, 6) is 0. The number of aromatic nitrogens is 1. The number of hydrogen-bond donors (Lipinski definition) is 2. The predicted octanol–water partition coefficient (Wildman–Crippen LogP) is 3.29. The third kappa shape index (κ3) is 3.37. The molecule has 1 heterocycles. The first kappa shape index (κ1) is 13.2. The molecular weight excluding hydrogens is 255 g/mol. The minimum atomic E-state index is -4.38. The van der Waals surface area contributed by atoms with Gasteiger partial charge in [-0.25, -0.2) is 0 Å². The third-order valence-corrected chi connectivity index (χ3v) is 2.56. The van der Waals surface area contributed by atoms with Crippen LogP contribution in [0.15, 0.2) is 42.6 Å². The number of benzene rings is 1. The molecule has 2 aromatic rings. The molecule has 1 aromatic carbocycles. The van der Waals surface area contributed by atoms with E-state index in [0.29, 0.717) is 12.2 Å². The average molecular weight is 267 g/mol. The molecule has 3 nitrogen and oxygen atoms in total. The molecule has 0 saturated heterocycles. The summed E-state index contributed by atoms with van der Waals surface area (Å²) < 4.78 is 37.4. The van der Waals surface area contributed by atoms with E-state index in [1.165, 1.54) is 6.07 Å². The largest absolute Gasteiger partial charge is 0.416 e. The maximum Gasteiger partial charge on any atom is 0.416 e. The van der Waals surface area contributed by atoms with E-state index in [-0.39, 0.29) is 5.69 Å². The highest BCUT2D eigenvalue weighted by atomic mass is 19.4. The van der Waals surface area contributed by atoms with Gasteiger partial charge in [-0.2, -0.15) is 13.2 Å². The predicted molar refractivity (Wildman–Crippen MR) is 67.4 cm³/mol. The normalized spacial score (nSPS) is 11.3. The topological polar surface area (TPSA) is 50.9 Å². The number of rotatable bonds is 3. The molecular formula is C13H12F3N3. The number of nitrogens with zero attached hydrogens (tertiary/aromatic N) is 1. The Hall–Kier alpha value is -2.24. The molecule has 0 aliphatic heterocycles. The van der Waals surface area contributed by atoms with E-state index in [9.17, 15) is 13.2 Å². The van der Waals surface area contributed by atoms with Crippen molar-refractivity contribution in [3.05, 3.63) is 53.9 Å². The van der Waals surface area contributed by atoms with Crippen LogP contribution in [0.1, 0.15) is 11.3 Å². The zero-order chi connectivity index (χ0) is 13.9. The van der Waals surface area contributed by atoms with Gasteiger partial charge in [-0.15, -0.1) is 0 Å². The zero-order valence-electron chi connectivity index (χ0n) is 9.91. The molecule has 19 heavy (non-hydrogen) atoms. The average Bonchev–Trinajstić information content (AvgIpc) is 2.37. The van der Waals surface area contributed by atoms with Gasteiger partial charge < -0.3 is 11.1 Å². The second-order valence-electron chi connectivity index (χ2n) is 3.97. The number of nitrogens with two attached hydrogens (primary N) is 1. The van der Waals surface area contributed by atoms with Gasteiger partial charge in [-0.1, -0.05) is 6.07 Å². The minimum Gasteiger partial charge on any atom is -0.397 e. The van der Waals surface area contributed by atoms with E-state index in [1.54, 1.807) is 12.3 Å². The Morgan fingerprint density at radius 1 is 1.16 bits per heavy atom. The molecule has 0 spiro atoms. The van der Waals surface area contributed by atoms with Crippen LogP contribution >= 0.6 is 0 Å². The Morgan fingerprint density at radius 2 is 1.95 bits per heavy atom. The molecule has 0 saturated carbocycles. The molecule has 3 N–H and O–H groups in total. The molecule has 1 aromatic heterocycles. The van der Waals surface area contributed by atoms with Crippen LogP contribution in [0.2, 0.25) is 0 Å². The Morgan fingerprint density at radius 3 is 2.53 bits per heavy atom. The van der Waals surface area contributed by atoms with E-state index in [0.717, 1.165) is 17.8 Å². The van der Waals surface area contributed by atoms with Gasteiger partial charge >= 0.3 is 6.18 Å². The number of nitrogens with one attached hydrogen (secondary N) is 1. The highest BCUT2D eigenvalue weighted by molar-refractivity contribution is 5.67. The van der Waals surface area contributed by atoms with Crippen molar-refractivity contribution in [2.24, 2.45) is 0 Å². The minimum absolute atomic E-state index is 0.0609. The number of hydrogen-bond acceptors (Lipinski definition) is 3. The summed E-state index contributed by atoms with van der Waals surface area (Å²) in [5, 5.41) is 2.95. The lowest BCUT2D eigenvalue weighted by Crippen LogP contribution is -2.08. The standard InChI is InChI=1S/C13H12F3N3/c14-13(15,16)9-4-5-12(11(17)7-9)19-8-10-3-1-2-6-18-10/h1-7,19H,8,17H2. The maximum absolute atomic E-state index is 12.5. The number of nitrogen functional groups attached to an aromatic ring is 1. The summed E-state index contributed by atoms with van der Waals surface area (Å²) in [6.07, 6.45) is -2.74. The smallest absolute Gasteiger partial charge is 0.397 e. The second kappa shape index (κ2) is 5.17. The van der Waals surface area contributed by atoms with Gasteiger partial charge in [0.05, 0.1) is 29.2 Å². The molecule has 0 fully saturated rings. The molecule has 0 aliphatic carbocycles. The van der Waals surface area contributed by atoms with Crippen molar-refractivity contribution >= 4 is 11.4 Å².